The molecule has 291 valence electrons. The summed E-state index contributed by atoms with van der Waals surface area (Å²) >= 11 is 0. The van der Waals surface area contributed by atoms with Crippen LogP contribution in [0.3, 0.4) is 0 Å². The third-order valence-corrected chi connectivity index (χ3v) is 14.7. The number of carbonyl (C=O) groups excluding carboxylic acids is 1. The molecule has 0 aliphatic rings. The fraction of sp³-hybridized carbons (Fsp3) is 0.0400. The minimum absolute atomic E-state index is 0. The molecule has 0 N–H and O–H groups in total. The number of carboxylic acids is 1. The Balaban J connectivity index is 0.000000264. The number of hydrogen-bond acceptors (Lipinski definition) is 5. The number of benzene rings is 7. The van der Waals surface area contributed by atoms with Crippen molar-refractivity contribution in [2.75, 3.05) is 14.2 Å². The zero-order valence-corrected chi connectivity index (χ0v) is 35.8. The summed E-state index contributed by atoms with van der Waals surface area (Å²) < 4.78 is 9.70. The third-order valence-electron chi connectivity index (χ3n) is 9.13. The van der Waals surface area contributed by atoms with E-state index >= 15 is 0 Å². The van der Waals surface area contributed by atoms with Gasteiger partial charge in [0.2, 0.25) is 0 Å². The summed E-state index contributed by atoms with van der Waals surface area (Å²) in [5.74, 6) is -0.840. The van der Waals surface area contributed by atoms with Gasteiger partial charge in [-0.15, -0.1) is 0 Å². The van der Waals surface area contributed by atoms with Crippen molar-refractivity contribution in [3.8, 4) is 22.6 Å². The van der Waals surface area contributed by atoms with Crippen molar-refractivity contribution < 1.29 is 38.9 Å². The fourth-order valence-corrected chi connectivity index (χ4v) is 12.1. The Morgan fingerprint density at radius 2 is 0.741 bits per heavy atom. The topological polar surface area (TPSA) is 71.5 Å². The molecule has 8 rings (SSSR count). The number of nitrogens with zero attached hydrogens (tertiary/aromatic N) is 1. The number of rotatable bonds is 10. The average Bonchev–Trinajstić information content (AvgIpc) is 3.29. The molecule has 8 heteroatoms. The van der Waals surface area contributed by atoms with Crippen LogP contribution in [0.5, 0.6) is 11.5 Å². The normalized spacial score (nSPS) is 10.2. The number of hydrogen-bond donors (Lipinski definition) is 0. The molecule has 1 radical (unpaired) electrons. The number of carboxylic acid groups (broad SMARTS) is 1. The van der Waals surface area contributed by atoms with E-state index in [9.17, 15) is 9.90 Å². The molecular weight excluding hydrogens is 843 g/mol. The van der Waals surface area contributed by atoms with Crippen molar-refractivity contribution in [3.63, 3.8) is 0 Å². The molecule has 1 heterocycles. The second kappa shape index (κ2) is 22.8. The second-order valence-electron chi connectivity index (χ2n) is 12.7. The Hall–Kier alpha value is -5.76. The maximum Gasteiger partial charge on any atom is 0.131 e. The molecule has 0 saturated carbocycles. The quantitative estimate of drug-likeness (QED) is 0.105. The largest absolute Gasteiger partial charge is 0.545 e. The monoisotopic (exact) mass is 887 g/mol. The molecule has 7 aromatic carbocycles. The van der Waals surface area contributed by atoms with Crippen LogP contribution < -0.4 is 46.4 Å². The van der Waals surface area contributed by atoms with E-state index in [1.54, 1.807) is 18.5 Å². The van der Waals surface area contributed by atoms with Gasteiger partial charge < -0.3 is 19.4 Å². The molecule has 1 aromatic heterocycles. The first kappa shape index (κ1) is 43.4. The molecule has 0 amide bonds. The number of pyridine rings is 1. The van der Waals surface area contributed by atoms with Crippen LogP contribution in [0.2, 0.25) is 0 Å². The minimum atomic E-state index is -1.31. The van der Waals surface area contributed by atoms with Crippen LogP contribution >= 0.6 is 15.8 Å². The zero-order valence-electron chi connectivity index (χ0n) is 32.2. The number of carbonyl (C=O) groups is 1. The number of aromatic carboxylic acids is 1. The predicted octanol–water partition coefficient (Wildman–Crippen LogP) is 7.48. The Bertz CT molecular complexity index is 2170. The Morgan fingerprint density at radius 3 is 1.02 bits per heavy atom. The summed E-state index contributed by atoms with van der Waals surface area (Å²) in [7, 11) is 0.355. The van der Waals surface area contributed by atoms with E-state index in [0.29, 0.717) is 0 Å². The number of methoxy groups -OCH3 is 2. The van der Waals surface area contributed by atoms with E-state index in [2.05, 4.69) is 175 Å². The van der Waals surface area contributed by atoms with Gasteiger partial charge in [0, 0.05) is 43.0 Å². The zero-order chi connectivity index (χ0) is 39.7. The van der Waals surface area contributed by atoms with E-state index in [1.807, 2.05) is 18.2 Å². The van der Waals surface area contributed by atoms with Crippen molar-refractivity contribution in [3.05, 3.63) is 224 Å². The first-order chi connectivity index (χ1) is 28.1. The van der Waals surface area contributed by atoms with Crippen LogP contribution in [0.1, 0.15) is 10.4 Å². The molecule has 0 aliphatic carbocycles. The first-order valence-electron chi connectivity index (χ1n) is 18.5. The van der Waals surface area contributed by atoms with Crippen molar-refractivity contribution in [2.24, 2.45) is 0 Å². The summed E-state index contributed by atoms with van der Waals surface area (Å²) in [5.41, 5.74) is 2.63. The molecule has 0 aliphatic heterocycles. The summed E-state index contributed by atoms with van der Waals surface area (Å²) in [6, 6.07) is 72.8. The molecule has 0 fully saturated rings. The van der Waals surface area contributed by atoms with Gasteiger partial charge in [0.05, 0.1) is 41.6 Å². The van der Waals surface area contributed by atoms with Gasteiger partial charge in [0.1, 0.15) is 43.3 Å². The minimum Gasteiger partial charge on any atom is -0.545 e. The molecular formula is C50H44NO4P2Rh+. The van der Waals surface area contributed by atoms with Crippen molar-refractivity contribution in [1.29, 1.82) is 0 Å². The summed E-state index contributed by atoms with van der Waals surface area (Å²) in [6.07, 6.45) is 3.50. The maximum atomic E-state index is 10.7. The molecule has 0 spiro atoms. The standard InChI is InChI=1S/C36H28P2.C9H10O4.C5H5N.Rh/c1-5-17-29(18-6-1)37(30-19-7-2-8-20-30)35-27-15-13-25-33(35)34-26-14-16-28-36(34)38(31-21-9-3-10-22-31)32-23-11-4-12-24-32;1-12-6-4-3-5-7(13-2)8(6)9(10)11;1-2-4-6-5-3-1;/h1-28H;3-5H,1-2H3,(H,10,11);1-5H;/p+1. The van der Waals surface area contributed by atoms with E-state index in [1.165, 1.54) is 69.3 Å². The number of ether oxygens (including phenoxy) is 2. The predicted molar refractivity (Wildman–Crippen MR) is 240 cm³/mol. The first-order valence-corrected chi connectivity index (χ1v) is 21.5. The van der Waals surface area contributed by atoms with Crippen LogP contribution in [-0.2, 0) is 19.5 Å². The Morgan fingerprint density at radius 1 is 0.431 bits per heavy atom. The van der Waals surface area contributed by atoms with Crippen LogP contribution in [-0.4, -0.2) is 25.2 Å². The van der Waals surface area contributed by atoms with E-state index in [4.69, 9.17) is 9.47 Å². The van der Waals surface area contributed by atoms with Crippen molar-refractivity contribution >= 4 is 53.6 Å². The Labute approximate surface area is 356 Å². The average molecular weight is 888 g/mol. The van der Waals surface area contributed by atoms with Crippen LogP contribution in [0.15, 0.2) is 219 Å². The summed E-state index contributed by atoms with van der Waals surface area (Å²) in [5, 5.41) is 19.2. The SMILES string of the molecule is COc1cccc(OC)c1C(=O)[O-].[Rh].c1ccc([PH+](c2ccccc2)c2ccccc2-c2ccccc2[PH+](c2ccccc2)c2ccccc2)cc1.c1ccncc1. The van der Waals surface area contributed by atoms with Gasteiger partial charge >= 0.3 is 0 Å². The van der Waals surface area contributed by atoms with E-state index < -0.39 is 21.8 Å². The van der Waals surface area contributed by atoms with Gasteiger partial charge in [0.15, 0.2) is 0 Å². The van der Waals surface area contributed by atoms with Crippen LogP contribution in [0.4, 0.5) is 0 Å². The molecule has 5 nitrogen and oxygen atoms in total. The number of aromatic nitrogens is 1. The summed E-state index contributed by atoms with van der Waals surface area (Å²) in [6.45, 7) is 0. The molecule has 0 bridgehead atoms. The fourth-order valence-electron chi connectivity index (χ4n) is 6.61. The molecule has 8 aromatic rings. The van der Waals surface area contributed by atoms with Crippen molar-refractivity contribution in [1.82, 2.24) is 4.98 Å². The third kappa shape index (κ3) is 11.2. The van der Waals surface area contributed by atoms with Gasteiger partial charge in [-0.05, 0) is 84.9 Å². The molecule has 0 atom stereocenters. The molecule has 0 saturated heterocycles. The summed E-state index contributed by atoms with van der Waals surface area (Å²) in [4.78, 5) is 14.5. The molecule has 58 heavy (non-hydrogen) atoms. The van der Waals surface area contributed by atoms with E-state index in [-0.39, 0.29) is 36.5 Å². The van der Waals surface area contributed by atoms with Crippen LogP contribution in [0.25, 0.3) is 11.1 Å². The van der Waals surface area contributed by atoms with Gasteiger partial charge in [-0.1, -0.05) is 121 Å². The molecule has 0 unspecified atom stereocenters. The van der Waals surface area contributed by atoms with Crippen LogP contribution in [0, 0.1) is 0 Å². The van der Waals surface area contributed by atoms with Crippen molar-refractivity contribution in [2.45, 2.75) is 0 Å². The smallest absolute Gasteiger partial charge is 0.131 e. The van der Waals surface area contributed by atoms with Gasteiger partial charge in [-0.3, -0.25) is 4.98 Å². The van der Waals surface area contributed by atoms with Gasteiger partial charge in [0.25, 0.3) is 0 Å². The Kier molecular flexibility index (Phi) is 17.1. The second-order valence-corrected chi connectivity index (χ2v) is 17.5. The van der Waals surface area contributed by atoms with E-state index in [0.717, 1.165) is 0 Å². The van der Waals surface area contributed by atoms with Gasteiger partial charge in [-0.25, -0.2) is 0 Å². The van der Waals surface area contributed by atoms with Gasteiger partial charge in [-0.2, -0.15) is 0 Å². The maximum absolute atomic E-state index is 10.7.